The van der Waals surface area contributed by atoms with E-state index in [0.29, 0.717) is 6.04 Å². The van der Waals surface area contributed by atoms with Crippen molar-refractivity contribution in [2.45, 2.75) is 39.2 Å². The first-order valence-corrected chi connectivity index (χ1v) is 5.79. The van der Waals surface area contributed by atoms with Gasteiger partial charge in [0.25, 0.3) is 0 Å². The second kappa shape index (κ2) is 4.13. The number of benzene rings is 1. The van der Waals surface area contributed by atoms with E-state index in [9.17, 15) is 0 Å². The molecule has 0 aromatic heterocycles. The smallest absolute Gasteiger partial charge is 0.0576 e. The molecule has 0 bridgehead atoms. The maximum atomic E-state index is 5.97. The maximum Gasteiger partial charge on any atom is 0.0576 e. The predicted octanol–water partition coefficient (Wildman–Crippen LogP) is 3.18. The highest BCUT2D eigenvalue weighted by Crippen LogP contribution is 2.32. The highest BCUT2D eigenvalue weighted by Gasteiger charge is 2.23. The summed E-state index contributed by atoms with van der Waals surface area (Å²) in [7, 11) is 0. The van der Waals surface area contributed by atoms with Gasteiger partial charge in [0.1, 0.15) is 0 Å². The fraction of sp³-hybridized carbons (Fsp3) is 0.538. The first-order valence-electron chi connectivity index (χ1n) is 5.79. The van der Waals surface area contributed by atoms with Gasteiger partial charge in [-0.25, -0.2) is 0 Å². The molecule has 1 fully saturated rings. The Morgan fingerprint density at radius 3 is 2.67 bits per heavy atom. The molecule has 1 aromatic rings. The third kappa shape index (κ3) is 2.25. The minimum absolute atomic E-state index is 0.545. The molecule has 2 heteroatoms. The number of nitrogen functional groups attached to an aromatic ring is 1. The van der Waals surface area contributed by atoms with Gasteiger partial charge < -0.3 is 11.1 Å². The van der Waals surface area contributed by atoms with Crippen molar-refractivity contribution in [3.8, 4) is 0 Å². The van der Waals surface area contributed by atoms with Crippen LogP contribution >= 0.6 is 0 Å². The molecule has 82 valence electrons. The van der Waals surface area contributed by atoms with Crippen molar-refractivity contribution < 1.29 is 0 Å². The number of hydrogen-bond donors (Lipinski definition) is 2. The van der Waals surface area contributed by atoms with Crippen molar-refractivity contribution in [2.75, 3.05) is 11.1 Å². The Bertz CT molecular complexity index is 342. The van der Waals surface area contributed by atoms with Crippen LogP contribution in [0.4, 0.5) is 11.4 Å². The van der Waals surface area contributed by atoms with Crippen molar-refractivity contribution in [2.24, 2.45) is 5.92 Å². The molecule has 2 nitrogen and oxygen atoms in total. The molecule has 1 saturated carbocycles. The molecule has 0 saturated heterocycles. The summed E-state index contributed by atoms with van der Waals surface area (Å²) in [5, 5.41) is 3.51. The summed E-state index contributed by atoms with van der Waals surface area (Å²) < 4.78 is 0. The lowest BCUT2D eigenvalue weighted by Gasteiger charge is -2.32. The number of nitrogens with one attached hydrogen (secondary N) is 1. The van der Waals surface area contributed by atoms with Gasteiger partial charge in [0.05, 0.1) is 11.4 Å². The quantitative estimate of drug-likeness (QED) is 0.742. The molecular weight excluding hydrogens is 184 g/mol. The van der Waals surface area contributed by atoms with Crippen molar-refractivity contribution in [1.29, 1.82) is 0 Å². The highest BCUT2D eigenvalue weighted by molar-refractivity contribution is 5.67. The zero-order valence-electron chi connectivity index (χ0n) is 9.59. The Morgan fingerprint density at radius 2 is 2.13 bits per heavy atom. The first kappa shape index (κ1) is 10.3. The van der Waals surface area contributed by atoms with Crippen LogP contribution in [0.25, 0.3) is 0 Å². The lowest BCUT2D eigenvalue weighted by atomic mass is 9.80. The molecule has 0 aliphatic heterocycles. The van der Waals surface area contributed by atoms with Crippen molar-refractivity contribution in [3.63, 3.8) is 0 Å². The van der Waals surface area contributed by atoms with E-state index in [4.69, 9.17) is 5.73 Å². The molecule has 1 atom stereocenters. The van der Waals surface area contributed by atoms with Gasteiger partial charge in [-0.2, -0.15) is 0 Å². The zero-order valence-corrected chi connectivity index (χ0v) is 9.59. The van der Waals surface area contributed by atoms with Crippen LogP contribution in [0.3, 0.4) is 0 Å². The van der Waals surface area contributed by atoms with Crippen molar-refractivity contribution in [1.82, 2.24) is 0 Å². The topological polar surface area (TPSA) is 38.0 Å². The number of hydrogen-bond acceptors (Lipinski definition) is 2. The SMILES string of the molecule is Cc1ccc(NC(C)C2CCC2)c(N)c1. The molecule has 0 radical (unpaired) electrons. The van der Waals surface area contributed by atoms with Crippen LogP contribution in [0.2, 0.25) is 0 Å². The maximum absolute atomic E-state index is 5.97. The molecule has 0 spiro atoms. The molecule has 1 aromatic carbocycles. The number of anilines is 2. The van der Waals surface area contributed by atoms with Crippen molar-refractivity contribution in [3.05, 3.63) is 23.8 Å². The molecule has 2 rings (SSSR count). The van der Waals surface area contributed by atoms with Gasteiger partial charge in [-0.3, -0.25) is 0 Å². The van der Waals surface area contributed by atoms with Crippen molar-refractivity contribution >= 4 is 11.4 Å². The first-order chi connectivity index (χ1) is 7.16. The highest BCUT2D eigenvalue weighted by atomic mass is 14.9. The minimum atomic E-state index is 0.545. The van der Waals surface area contributed by atoms with Gasteiger partial charge in [0, 0.05) is 6.04 Å². The van der Waals surface area contributed by atoms with Crippen LogP contribution in [-0.2, 0) is 0 Å². The third-order valence-electron chi connectivity index (χ3n) is 3.45. The van der Waals surface area contributed by atoms with E-state index in [1.54, 1.807) is 0 Å². The Hall–Kier alpha value is -1.18. The van der Waals surface area contributed by atoms with E-state index in [1.807, 2.05) is 6.07 Å². The third-order valence-corrected chi connectivity index (χ3v) is 3.45. The molecule has 0 heterocycles. The summed E-state index contributed by atoms with van der Waals surface area (Å²) in [5.74, 6) is 0.839. The van der Waals surface area contributed by atoms with Gasteiger partial charge in [-0.1, -0.05) is 12.5 Å². The monoisotopic (exact) mass is 204 g/mol. The second-order valence-corrected chi connectivity index (χ2v) is 4.71. The minimum Gasteiger partial charge on any atom is -0.397 e. The number of aryl methyl sites for hydroxylation is 1. The zero-order chi connectivity index (χ0) is 10.8. The van der Waals surface area contributed by atoms with Crippen LogP contribution in [0, 0.1) is 12.8 Å². The normalized spacial score (nSPS) is 18.3. The second-order valence-electron chi connectivity index (χ2n) is 4.71. The van der Waals surface area contributed by atoms with Crippen LogP contribution in [-0.4, -0.2) is 6.04 Å². The largest absolute Gasteiger partial charge is 0.397 e. The fourth-order valence-electron chi connectivity index (χ4n) is 2.12. The summed E-state index contributed by atoms with van der Waals surface area (Å²) in [4.78, 5) is 0. The molecule has 3 N–H and O–H groups in total. The lowest BCUT2D eigenvalue weighted by Crippen LogP contribution is -2.31. The summed E-state index contributed by atoms with van der Waals surface area (Å²) in [6, 6.07) is 6.76. The summed E-state index contributed by atoms with van der Waals surface area (Å²) in [6.45, 7) is 4.32. The van der Waals surface area contributed by atoms with E-state index < -0.39 is 0 Å². The average Bonchev–Trinajstić information content (AvgIpc) is 2.07. The van der Waals surface area contributed by atoms with Gasteiger partial charge in [0.2, 0.25) is 0 Å². The molecule has 1 aliphatic carbocycles. The Labute approximate surface area is 91.9 Å². The van der Waals surface area contributed by atoms with Gasteiger partial charge in [0.15, 0.2) is 0 Å². The van der Waals surface area contributed by atoms with Crippen LogP contribution < -0.4 is 11.1 Å². The molecule has 15 heavy (non-hydrogen) atoms. The number of rotatable bonds is 3. The summed E-state index contributed by atoms with van der Waals surface area (Å²) in [6.07, 6.45) is 4.11. The lowest BCUT2D eigenvalue weighted by molar-refractivity contribution is 0.285. The average molecular weight is 204 g/mol. The van der Waals surface area contributed by atoms with Crippen LogP contribution in [0.1, 0.15) is 31.7 Å². The van der Waals surface area contributed by atoms with Crippen LogP contribution in [0.15, 0.2) is 18.2 Å². The van der Waals surface area contributed by atoms with Gasteiger partial charge in [-0.15, -0.1) is 0 Å². The molecular formula is C13H20N2. The molecule has 1 aliphatic rings. The Kier molecular flexibility index (Phi) is 2.85. The standard InChI is InChI=1S/C13H20N2/c1-9-6-7-13(12(14)8-9)15-10(2)11-4-3-5-11/h6-8,10-11,15H,3-5,14H2,1-2H3. The summed E-state index contributed by atoms with van der Waals surface area (Å²) in [5.41, 5.74) is 9.13. The van der Waals surface area contributed by atoms with E-state index in [2.05, 4.69) is 31.3 Å². The Morgan fingerprint density at radius 1 is 1.40 bits per heavy atom. The fourth-order valence-corrected chi connectivity index (χ4v) is 2.12. The molecule has 1 unspecified atom stereocenters. The molecule has 0 amide bonds. The van der Waals surface area contributed by atoms with Gasteiger partial charge >= 0.3 is 0 Å². The summed E-state index contributed by atoms with van der Waals surface area (Å²) >= 11 is 0. The predicted molar refractivity (Wildman–Crippen MR) is 66.0 cm³/mol. The van der Waals surface area contributed by atoms with E-state index in [1.165, 1.54) is 24.8 Å². The van der Waals surface area contributed by atoms with Crippen LogP contribution in [0.5, 0.6) is 0 Å². The Balaban J connectivity index is 2.03. The van der Waals surface area contributed by atoms with E-state index in [0.717, 1.165) is 17.3 Å². The van der Waals surface area contributed by atoms with E-state index >= 15 is 0 Å². The number of nitrogens with two attached hydrogens (primary N) is 1. The van der Waals surface area contributed by atoms with E-state index in [-0.39, 0.29) is 0 Å². The van der Waals surface area contributed by atoms with Gasteiger partial charge in [-0.05, 0) is 50.3 Å².